The van der Waals surface area contributed by atoms with Gasteiger partial charge in [-0.15, -0.1) is 0 Å². The lowest BCUT2D eigenvalue weighted by Crippen LogP contribution is -2.30. The van der Waals surface area contributed by atoms with Crippen molar-refractivity contribution < 1.29 is 19.4 Å². The van der Waals surface area contributed by atoms with Gasteiger partial charge in [0.05, 0.1) is 6.42 Å². The first-order valence-electron chi connectivity index (χ1n) is 12.3. The lowest BCUT2D eigenvalue weighted by atomic mass is 9.96. The second-order valence-corrected chi connectivity index (χ2v) is 9.17. The largest absolute Gasteiger partial charge is 0.488 e. The van der Waals surface area contributed by atoms with E-state index in [0.29, 0.717) is 18.9 Å². The molecule has 0 spiro atoms. The van der Waals surface area contributed by atoms with E-state index in [1.54, 1.807) is 17.9 Å². The van der Waals surface area contributed by atoms with Crippen molar-refractivity contribution in [3.63, 3.8) is 0 Å². The standard InChI is InChI=1S/C32H31NO4/c1-23(32(35)36)18-26-19-27(21-31(34)33(2)17-16-24-10-5-3-6-11-24)28-14-9-15-30(29(28)20-26)37-22-25-12-7-4-8-13-25/h3-15,18-20H,16-17,21-22H2,1-2H3,(H,35,36). The Balaban J connectivity index is 1.63. The van der Waals surface area contributed by atoms with Gasteiger partial charge in [-0.1, -0.05) is 78.9 Å². The van der Waals surface area contributed by atoms with Gasteiger partial charge in [-0.3, -0.25) is 4.79 Å². The molecule has 0 radical (unpaired) electrons. The number of ether oxygens (including phenoxy) is 1. The Bertz CT molecular complexity index is 1410. The Morgan fingerprint density at radius 2 is 1.54 bits per heavy atom. The van der Waals surface area contributed by atoms with Gasteiger partial charge in [-0.25, -0.2) is 4.79 Å². The normalized spacial score (nSPS) is 11.4. The highest BCUT2D eigenvalue weighted by Crippen LogP contribution is 2.31. The van der Waals surface area contributed by atoms with Crippen LogP contribution in [-0.4, -0.2) is 35.5 Å². The highest BCUT2D eigenvalue weighted by atomic mass is 16.5. The van der Waals surface area contributed by atoms with Gasteiger partial charge in [-0.2, -0.15) is 0 Å². The predicted molar refractivity (Wildman–Crippen MR) is 147 cm³/mol. The zero-order chi connectivity index (χ0) is 26.2. The monoisotopic (exact) mass is 493 g/mol. The summed E-state index contributed by atoms with van der Waals surface area (Å²) in [6.07, 6.45) is 2.61. The van der Waals surface area contributed by atoms with Crippen LogP contribution in [0.3, 0.4) is 0 Å². The molecule has 188 valence electrons. The Morgan fingerprint density at radius 3 is 2.22 bits per heavy atom. The van der Waals surface area contributed by atoms with E-state index in [-0.39, 0.29) is 17.9 Å². The number of carboxylic acids is 1. The van der Waals surface area contributed by atoms with Crippen molar-refractivity contribution in [2.75, 3.05) is 13.6 Å². The minimum absolute atomic E-state index is 0.00363. The van der Waals surface area contributed by atoms with Crippen LogP contribution in [0.1, 0.15) is 29.2 Å². The quantitative estimate of drug-likeness (QED) is 0.269. The number of carboxylic acid groups (broad SMARTS) is 1. The van der Waals surface area contributed by atoms with Crippen molar-refractivity contribution in [1.82, 2.24) is 4.90 Å². The summed E-state index contributed by atoms with van der Waals surface area (Å²) >= 11 is 0. The minimum Gasteiger partial charge on any atom is -0.488 e. The van der Waals surface area contributed by atoms with Crippen LogP contribution in [0.2, 0.25) is 0 Å². The van der Waals surface area contributed by atoms with Gasteiger partial charge in [0, 0.05) is 24.6 Å². The molecule has 0 unspecified atom stereocenters. The molecule has 0 aliphatic heterocycles. The molecule has 0 aliphatic carbocycles. The average Bonchev–Trinajstić information content (AvgIpc) is 2.91. The summed E-state index contributed by atoms with van der Waals surface area (Å²) in [7, 11) is 1.82. The first kappa shape index (κ1) is 25.7. The average molecular weight is 494 g/mol. The number of hydrogen-bond acceptors (Lipinski definition) is 3. The number of amides is 1. The van der Waals surface area contributed by atoms with Gasteiger partial charge in [0.25, 0.3) is 0 Å². The molecular formula is C32H31NO4. The summed E-state index contributed by atoms with van der Waals surface area (Å²) in [6, 6.07) is 29.6. The van der Waals surface area contributed by atoms with Crippen molar-refractivity contribution in [3.05, 3.63) is 119 Å². The first-order chi connectivity index (χ1) is 17.9. The highest BCUT2D eigenvalue weighted by Gasteiger charge is 2.15. The van der Waals surface area contributed by atoms with Crippen LogP contribution in [-0.2, 0) is 29.0 Å². The molecular weight excluding hydrogens is 462 g/mol. The van der Waals surface area contributed by atoms with Crippen molar-refractivity contribution in [3.8, 4) is 5.75 Å². The zero-order valence-electron chi connectivity index (χ0n) is 21.2. The molecule has 0 saturated heterocycles. The molecule has 1 N–H and O–H groups in total. The second kappa shape index (κ2) is 12.0. The molecule has 0 fully saturated rings. The number of aliphatic carboxylic acids is 1. The molecule has 0 bridgehead atoms. The summed E-state index contributed by atoms with van der Waals surface area (Å²) < 4.78 is 6.18. The second-order valence-electron chi connectivity index (χ2n) is 9.17. The van der Waals surface area contributed by atoms with E-state index in [0.717, 1.165) is 33.9 Å². The number of hydrogen-bond donors (Lipinski definition) is 1. The third-order valence-electron chi connectivity index (χ3n) is 6.37. The van der Waals surface area contributed by atoms with Crippen molar-refractivity contribution in [2.24, 2.45) is 0 Å². The van der Waals surface area contributed by atoms with Crippen LogP contribution < -0.4 is 4.74 Å². The Hall–Kier alpha value is -4.38. The highest BCUT2D eigenvalue weighted by molar-refractivity contribution is 5.97. The molecule has 4 aromatic carbocycles. The summed E-state index contributed by atoms with van der Waals surface area (Å²) in [5, 5.41) is 11.2. The molecule has 1 amide bonds. The molecule has 0 aliphatic rings. The van der Waals surface area contributed by atoms with Crippen LogP contribution in [0.4, 0.5) is 0 Å². The maximum atomic E-state index is 13.2. The third kappa shape index (κ3) is 6.85. The van der Waals surface area contributed by atoms with E-state index in [9.17, 15) is 14.7 Å². The van der Waals surface area contributed by atoms with E-state index >= 15 is 0 Å². The van der Waals surface area contributed by atoms with Crippen molar-refractivity contribution >= 4 is 28.7 Å². The number of rotatable bonds is 10. The predicted octanol–water partition coefficient (Wildman–Crippen LogP) is 6.15. The molecule has 0 atom stereocenters. The van der Waals surface area contributed by atoms with Crippen LogP contribution in [0.15, 0.2) is 96.6 Å². The van der Waals surface area contributed by atoms with E-state index in [1.165, 1.54) is 5.56 Å². The molecule has 0 aromatic heterocycles. The van der Waals surface area contributed by atoms with Crippen molar-refractivity contribution in [1.29, 1.82) is 0 Å². The Kier molecular flexibility index (Phi) is 8.37. The molecule has 0 heterocycles. The van der Waals surface area contributed by atoms with Gasteiger partial charge in [0.2, 0.25) is 5.91 Å². The Labute approximate surface area is 217 Å². The fourth-order valence-electron chi connectivity index (χ4n) is 4.23. The topological polar surface area (TPSA) is 66.8 Å². The van der Waals surface area contributed by atoms with Gasteiger partial charge in [0.15, 0.2) is 0 Å². The van der Waals surface area contributed by atoms with Crippen LogP contribution in [0.5, 0.6) is 5.75 Å². The first-order valence-corrected chi connectivity index (χ1v) is 12.3. The third-order valence-corrected chi connectivity index (χ3v) is 6.37. The van der Waals surface area contributed by atoms with E-state index in [4.69, 9.17) is 4.74 Å². The number of carbonyl (C=O) groups is 2. The van der Waals surface area contributed by atoms with Crippen LogP contribution in [0, 0.1) is 0 Å². The summed E-state index contributed by atoms with van der Waals surface area (Å²) in [5.74, 6) is -0.286. The maximum absolute atomic E-state index is 13.2. The van der Waals surface area contributed by atoms with Gasteiger partial charge in [0.1, 0.15) is 12.4 Å². The lowest BCUT2D eigenvalue weighted by molar-refractivity contribution is -0.132. The van der Waals surface area contributed by atoms with Gasteiger partial charge < -0.3 is 14.7 Å². The zero-order valence-corrected chi connectivity index (χ0v) is 21.2. The van der Waals surface area contributed by atoms with E-state index < -0.39 is 5.97 Å². The number of carbonyl (C=O) groups excluding carboxylic acids is 1. The number of benzene rings is 4. The number of nitrogens with zero attached hydrogens (tertiary/aromatic N) is 1. The molecule has 37 heavy (non-hydrogen) atoms. The molecule has 5 nitrogen and oxygen atoms in total. The lowest BCUT2D eigenvalue weighted by Gasteiger charge is -2.19. The van der Waals surface area contributed by atoms with Gasteiger partial charge >= 0.3 is 5.97 Å². The fourth-order valence-corrected chi connectivity index (χ4v) is 4.23. The fraction of sp³-hybridized carbons (Fsp3) is 0.188. The van der Waals surface area contributed by atoms with Gasteiger partial charge in [-0.05, 0) is 59.2 Å². The molecule has 0 saturated carbocycles. The molecule has 5 heteroatoms. The van der Waals surface area contributed by atoms with E-state index in [2.05, 4.69) is 12.1 Å². The van der Waals surface area contributed by atoms with Crippen LogP contribution in [0.25, 0.3) is 16.8 Å². The Morgan fingerprint density at radius 1 is 0.865 bits per heavy atom. The summed E-state index contributed by atoms with van der Waals surface area (Å²) in [5.41, 5.74) is 4.01. The smallest absolute Gasteiger partial charge is 0.331 e. The SMILES string of the molecule is CC(=Cc1cc(CC(=O)N(C)CCc2ccccc2)c2cccc(OCc3ccccc3)c2c1)C(=O)O. The minimum atomic E-state index is -0.980. The molecule has 4 rings (SSSR count). The number of fused-ring (bicyclic) bond motifs is 1. The van der Waals surface area contributed by atoms with Crippen LogP contribution >= 0.6 is 0 Å². The summed E-state index contributed by atoms with van der Waals surface area (Å²) in [4.78, 5) is 26.4. The van der Waals surface area contributed by atoms with E-state index in [1.807, 2.05) is 85.9 Å². The van der Waals surface area contributed by atoms with Crippen molar-refractivity contribution in [2.45, 2.75) is 26.4 Å². The maximum Gasteiger partial charge on any atom is 0.331 e. The number of likely N-dealkylation sites (N-methyl/N-ethyl adjacent to an activating group) is 1. The molecule has 4 aromatic rings. The summed E-state index contributed by atoms with van der Waals surface area (Å²) in [6.45, 7) is 2.58.